The first-order valence-corrected chi connectivity index (χ1v) is 10.3. The smallest absolute Gasteiger partial charge is 0.343 e. The van der Waals surface area contributed by atoms with Crippen molar-refractivity contribution in [1.82, 2.24) is 0 Å². The van der Waals surface area contributed by atoms with Crippen LogP contribution in [-0.4, -0.2) is 31.8 Å². The molecule has 0 aliphatic carbocycles. The first kappa shape index (κ1) is 24.0. The van der Waals surface area contributed by atoms with Crippen molar-refractivity contribution in [2.24, 2.45) is 0 Å². The van der Waals surface area contributed by atoms with E-state index in [0.29, 0.717) is 42.6 Å². The fraction of sp³-hybridized carbons (Fsp3) is 0.333. The Hall–Kier alpha value is -3.32. The molecule has 0 amide bonds. The molecule has 0 N–H and O–H groups in total. The van der Waals surface area contributed by atoms with Crippen LogP contribution in [0.5, 0.6) is 17.2 Å². The molecule has 0 unspecified atom stereocenters. The van der Waals surface area contributed by atoms with Crippen LogP contribution in [0, 0.1) is 0 Å². The minimum absolute atomic E-state index is 0.388. The summed E-state index contributed by atoms with van der Waals surface area (Å²) >= 11 is 0. The predicted octanol–water partition coefficient (Wildman–Crippen LogP) is 4.90. The summed E-state index contributed by atoms with van der Waals surface area (Å²) in [5, 5.41) is 0. The first-order chi connectivity index (χ1) is 15.1. The van der Waals surface area contributed by atoms with E-state index in [-0.39, 0.29) is 5.97 Å². The lowest BCUT2D eigenvalue weighted by Gasteiger charge is -2.08. The van der Waals surface area contributed by atoms with Gasteiger partial charge >= 0.3 is 11.9 Å². The van der Waals surface area contributed by atoms with Gasteiger partial charge in [-0.15, -0.1) is 0 Å². The van der Waals surface area contributed by atoms with E-state index in [1.165, 1.54) is 0 Å². The molecular weight excluding hydrogens is 400 g/mol. The largest absolute Gasteiger partial charge is 0.494 e. The average Bonchev–Trinajstić information content (AvgIpc) is 2.80. The van der Waals surface area contributed by atoms with Gasteiger partial charge in [0.1, 0.15) is 11.5 Å². The maximum Gasteiger partial charge on any atom is 0.343 e. The Morgan fingerprint density at radius 2 is 1.45 bits per heavy atom. The normalized spacial score (nSPS) is 10.2. The molecule has 0 heterocycles. The monoisotopic (exact) mass is 428 g/mol. The van der Waals surface area contributed by atoms with Crippen LogP contribution in [0.1, 0.15) is 43.0 Å². The van der Waals surface area contributed by atoms with Gasteiger partial charge in [0, 0.05) is 6.08 Å². The second-order valence-electron chi connectivity index (χ2n) is 6.51. The van der Waals surface area contributed by atoms with Crippen molar-refractivity contribution in [3.8, 4) is 17.2 Å². The molecule has 7 heteroatoms. The Morgan fingerprint density at radius 3 is 2.10 bits per heavy atom. The molecule has 31 heavy (non-hydrogen) atoms. The third-order valence-corrected chi connectivity index (χ3v) is 4.12. The quantitative estimate of drug-likeness (QED) is 0.106. The van der Waals surface area contributed by atoms with E-state index in [1.807, 2.05) is 6.92 Å². The van der Waals surface area contributed by atoms with Crippen LogP contribution in [-0.2, 0) is 14.4 Å². The highest BCUT2D eigenvalue weighted by Crippen LogP contribution is 2.20. The van der Waals surface area contributed by atoms with Gasteiger partial charge in [-0.1, -0.05) is 6.58 Å². The number of unbranched alkanes of at least 4 members (excludes halogenated alkanes) is 3. The van der Waals surface area contributed by atoms with Gasteiger partial charge in [0.25, 0.3) is 0 Å². The standard InChI is InChI=1S/C24H28O7/c1-3-23(25)28-18-8-6-5-7-17-27-20-11-9-19(10-12-20)24(26)30-21-13-15-22(16-14-21)31-29-4-2/h3,9-16H,1,4-8,17-18H2,2H3. The van der Waals surface area contributed by atoms with Gasteiger partial charge in [0.05, 0.1) is 25.4 Å². The molecule has 0 saturated carbocycles. The number of benzene rings is 2. The molecule has 0 fully saturated rings. The summed E-state index contributed by atoms with van der Waals surface area (Å²) in [7, 11) is 0. The van der Waals surface area contributed by atoms with Crippen molar-refractivity contribution in [2.45, 2.75) is 32.6 Å². The SMILES string of the molecule is C=CC(=O)OCCCCCCOc1ccc(C(=O)Oc2ccc(OOCC)cc2)cc1. The molecular formula is C24H28O7. The van der Waals surface area contributed by atoms with Crippen LogP contribution in [0.25, 0.3) is 0 Å². The first-order valence-electron chi connectivity index (χ1n) is 10.3. The van der Waals surface area contributed by atoms with Crippen molar-refractivity contribution in [1.29, 1.82) is 0 Å². The summed E-state index contributed by atoms with van der Waals surface area (Å²) in [6.45, 7) is 6.59. The van der Waals surface area contributed by atoms with E-state index < -0.39 is 5.97 Å². The lowest BCUT2D eigenvalue weighted by atomic mass is 10.2. The second kappa shape index (κ2) is 13.8. The van der Waals surface area contributed by atoms with Gasteiger partial charge in [0.2, 0.25) is 0 Å². The Labute approximate surface area is 182 Å². The third-order valence-electron chi connectivity index (χ3n) is 4.12. The topological polar surface area (TPSA) is 80.3 Å². The zero-order valence-electron chi connectivity index (χ0n) is 17.7. The third kappa shape index (κ3) is 9.35. The average molecular weight is 428 g/mol. The van der Waals surface area contributed by atoms with Gasteiger partial charge in [0.15, 0.2) is 5.75 Å². The number of carbonyl (C=O) groups excluding carboxylic acids is 2. The van der Waals surface area contributed by atoms with E-state index in [4.69, 9.17) is 24.0 Å². The number of hydrogen-bond acceptors (Lipinski definition) is 7. The van der Waals surface area contributed by atoms with Crippen molar-refractivity contribution in [3.63, 3.8) is 0 Å². The van der Waals surface area contributed by atoms with Crippen molar-refractivity contribution in [3.05, 3.63) is 66.7 Å². The number of esters is 2. The van der Waals surface area contributed by atoms with Crippen LogP contribution < -0.4 is 14.4 Å². The highest BCUT2D eigenvalue weighted by Gasteiger charge is 2.09. The van der Waals surface area contributed by atoms with E-state index >= 15 is 0 Å². The Balaban J connectivity index is 1.66. The van der Waals surface area contributed by atoms with Gasteiger partial charge in [-0.25, -0.2) is 9.59 Å². The van der Waals surface area contributed by atoms with Gasteiger partial charge in [-0.3, -0.25) is 0 Å². The number of carbonyl (C=O) groups is 2. The Bertz CT molecular complexity index is 813. The number of hydrogen-bond donors (Lipinski definition) is 0. The lowest BCUT2D eigenvalue weighted by Crippen LogP contribution is -2.08. The summed E-state index contributed by atoms with van der Waals surface area (Å²) in [4.78, 5) is 33.0. The van der Waals surface area contributed by atoms with Crippen molar-refractivity contribution < 1.29 is 33.6 Å². The second-order valence-corrected chi connectivity index (χ2v) is 6.51. The van der Waals surface area contributed by atoms with Crippen molar-refractivity contribution >= 4 is 11.9 Å². The minimum atomic E-state index is -0.456. The summed E-state index contributed by atoms with van der Waals surface area (Å²) in [6.07, 6.45) is 4.80. The van der Waals surface area contributed by atoms with E-state index in [2.05, 4.69) is 6.58 Å². The molecule has 0 bridgehead atoms. The predicted molar refractivity (Wildman–Crippen MR) is 115 cm³/mol. The van der Waals surface area contributed by atoms with Gasteiger partial charge in [-0.05, 0) is 81.1 Å². The molecule has 0 aliphatic heterocycles. The zero-order valence-corrected chi connectivity index (χ0v) is 17.7. The molecule has 0 spiro atoms. The molecule has 7 nitrogen and oxygen atoms in total. The molecule has 166 valence electrons. The van der Waals surface area contributed by atoms with Crippen LogP contribution in [0.3, 0.4) is 0 Å². The van der Waals surface area contributed by atoms with E-state index in [1.54, 1.807) is 48.5 Å². The highest BCUT2D eigenvalue weighted by atomic mass is 17.2. The summed E-state index contributed by atoms with van der Waals surface area (Å²) in [5.74, 6) is 0.782. The molecule has 0 aromatic heterocycles. The molecule has 2 aromatic carbocycles. The fourth-order valence-electron chi connectivity index (χ4n) is 2.52. The summed E-state index contributed by atoms with van der Waals surface area (Å²) in [5.41, 5.74) is 0.427. The van der Waals surface area contributed by atoms with Gasteiger partial charge < -0.3 is 19.1 Å². The molecule has 0 radical (unpaired) electrons. The molecule has 2 rings (SSSR count). The Morgan fingerprint density at radius 1 is 0.839 bits per heavy atom. The highest BCUT2D eigenvalue weighted by molar-refractivity contribution is 5.91. The van der Waals surface area contributed by atoms with Crippen LogP contribution >= 0.6 is 0 Å². The summed E-state index contributed by atoms with van der Waals surface area (Å²) < 4.78 is 16.0. The maximum absolute atomic E-state index is 12.3. The van der Waals surface area contributed by atoms with E-state index in [0.717, 1.165) is 31.8 Å². The minimum Gasteiger partial charge on any atom is -0.494 e. The molecule has 0 aliphatic rings. The van der Waals surface area contributed by atoms with Crippen LogP contribution in [0.2, 0.25) is 0 Å². The van der Waals surface area contributed by atoms with Gasteiger partial charge in [-0.2, -0.15) is 4.89 Å². The van der Waals surface area contributed by atoms with E-state index in [9.17, 15) is 9.59 Å². The van der Waals surface area contributed by atoms with Crippen molar-refractivity contribution in [2.75, 3.05) is 19.8 Å². The van der Waals surface area contributed by atoms with Crippen LogP contribution in [0.4, 0.5) is 0 Å². The number of ether oxygens (including phenoxy) is 3. The maximum atomic E-state index is 12.3. The molecule has 0 atom stereocenters. The zero-order chi connectivity index (χ0) is 22.3. The Kier molecular flexibility index (Phi) is 10.7. The van der Waals surface area contributed by atoms with Crippen LogP contribution in [0.15, 0.2) is 61.2 Å². The fourth-order valence-corrected chi connectivity index (χ4v) is 2.52. The molecule has 0 saturated heterocycles. The lowest BCUT2D eigenvalue weighted by molar-refractivity contribution is -0.202. The number of rotatable bonds is 14. The molecule has 2 aromatic rings. The summed E-state index contributed by atoms with van der Waals surface area (Å²) in [6, 6.07) is 13.4.